The lowest BCUT2D eigenvalue weighted by atomic mass is 9.76. The number of rotatable bonds is 10. The molecule has 0 unspecified atom stereocenters. The van der Waals surface area contributed by atoms with Crippen LogP contribution in [0.1, 0.15) is 112 Å². The van der Waals surface area contributed by atoms with Crippen molar-refractivity contribution in [2.24, 2.45) is 14.1 Å². The van der Waals surface area contributed by atoms with Gasteiger partial charge in [0.05, 0.1) is 89.0 Å². The smallest absolute Gasteiger partial charge is 0.399 e. The Morgan fingerprint density at radius 3 is 1.42 bits per heavy atom. The van der Waals surface area contributed by atoms with Crippen LogP contribution in [0.2, 0.25) is 5.15 Å². The molecular weight excluding hydrogens is 1330 g/mol. The van der Waals surface area contributed by atoms with Gasteiger partial charge in [-0.15, -0.1) is 0 Å². The van der Waals surface area contributed by atoms with Crippen LogP contribution in [0, 0.1) is 25.5 Å². The number of ether oxygens (including phenoxy) is 2. The maximum Gasteiger partial charge on any atom is 0.495 e. The van der Waals surface area contributed by atoms with Gasteiger partial charge in [-0.05, 0) is 147 Å². The minimum absolute atomic E-state index is 0.0356. The summed E-state index contributed by atoms with van der Waals surface area (Å²) >= 11 is 5.85. The zero-order chi connectivity index (χ0) is 73.5. The Balaban J connectivity index is 0.000000163. The molecule has 2 amide bonds. The number of nitrogens with one attached hydrogen (secondary N) is 2. The van der Waals surface area contributed by atoms with E-state index in [-0.39, 0.29) is 61.1 Å². The molecule has 0 radical (unpaired) electrons. The summed E-state index contributed by atoms with van der Waals surface area (Å²) in [6.07, 6.45) is 6.01. The molecule has 3 aliphatic heterocycles. The second-order valence-electron chi connectivity index (χ2n) is 28.2. The fraction of sp³-hybridized carbons (Fsp3) is 0.351. The van der Waals surface area contributed by atoms with Crippen molar-refractivity contribution in [2.75, 3.05) is 63.2 Å². The van der Waals surface area contributed by atoms with Crippen molar-refractivity contribution in [3.05, 3.63) is 213 Å². The van der Waals surface area contributed by atoms with E-state index in [0.29, 0.717) is 114 Å². The number of nitrogens with zero attached hydrogens (tertiary/aromatic N) is 12. The van der Waals surface area contributed by atoms with Crippen molar-refractivity contribution >= 4 is 80.6 Å². The summed E-state index contributed by atoms with van der Waals surface area (Å²) in [6, 6.07) is 27.0. The average Bonchev–Trinajstić information content (AvgIpc) is 0.914. The van der Waals surface area contributed by atoms with E-state index in [9.17, 15) is 28.8 Å². The monoisotopic (exact) mass is 1410 g/mol. The van der Waals surface area contributed by atoms with Crippen LogP contribution in [0.25, 0.3) is 44.2 Å². The fourth-order valence-electron chi connectivity index (χ4n) is 11.8. The number of hydrogen-bond acceptors (Lipinski definition) is 18. The number of hydrogen-bond donors (Lipinski definition) is 2. The molecule has 3 saturated heterocycles. The fourth-order valence-corrected chi connectivity index (χ4v) is 12.0. The number of benzene rings is 4. The summed E-state index contributed by atoms with van der Waals surface area (Å²) in [4.78, 5) is 89.0. The van der Waals surface area contributed by atoms with Gasteiger partial charge in [-0.1, -0.05) is 77.4 Å². The third kappa shape index (κ3) is 15.4. The van der Waals surface area contributed by atoms with Crippen LogP contribution in [0.15, 0.2) is 141 Å². The number of carbonyl (C=O) groups excluding carboxylic acids is 2. The van der Waals surface area contributed by atoms with E-state index in [1.807, 2.05) is 107 Å². The van der Waals surface area contributed by atoms with Gasteiger partial charge >= 0.3 is 7.12 Å². The van der Waals surface area contributed by atoms with E-state index in [2.05, 4.69) is 41.0 Å². The molecule has 2 N–H and O–H groups in total. The number of pyridine rings is 2. The average molecular weight is 1410 g/mol. The maximum atomic E-state index is 15.3. The zero-order valence-electron chi connectivity index (χ0n) is 59.4. The van der Waals surface area contributed by atoms with Crippen molar-refractivity contribution in [1.29, 1.82) is 0 Å². The molecule has 0 spiro atoms. The van der Waals surface area contributed by atoms with Crippen LogP contribution in [0.3, 0.4) is 0 Å². The van der Waals surface area contributed by atoms with E-state index >= 15 is 8.78 Å². The third-order valence-electron chi connectivity index (χ3n) is 18.5. The van der Waals surface area contributed by atoms with Gasteiger partial charge in [-0.25, -0.2) is 28.1 Å². The minimum Gasteiger partial charge on any atom is -0.399 e. The quantitative estimate of drug-likeness (QED) is 0.121. The first kappa shape index (κ1) is 73.0. The molecule has 13 rings (SSSR count). The number of anilines is 4. The minimum atomic E-state index is -0.597. The van der Waals surface area contributed by atoms with Crippen molar-refractivity contribution in [3.8, 4) is 22.6 Å². The van der Waals surface area contributed by atoms with Crippen molar-refractivity contribution in [3.63, 3.8) is 0 Å². The van der Waals surface area contributed by atoms with Crippen LogP contribution in [0.5, 0.6) is 0 Å². The van der Waals surface area contributed by atoms with Gasteiger partial charge in [0.2, 0.25) is 0 Å². The van der Waals surface area contributed by atoms with Gasteiger partial charge in [0.1, 0.15) is 34.6 Å². The second-order valence-corrected chi connectivity index (χ2v) is 28.6. The first-order chi connectivity index (χ1) is 48.2. The number of halogens is 3. The van der Waals surface area contributed by atoms with Crippen molar-refractivity contribution in [2.45, 2.75) is 105 Å². The highest BCUT2D eigenvalue weighted by Crippen LogP contribution is 2.38. The van der Waals surface area contributed by atoms with Gasteiger partial charge in [-0.3, -0.25) is 28.8 Å². The molecule has 3 fully saturated rings. The summed E-state index contributed by atoms with van der Waals surface area (Å²) in [5, 5.41) is 24.1. The zero-order valence-corrected chi connectivity index (χ0v) is 60.1. The second kappa shape index (κ2) is 29.0. The predicted octanol–water partition coefficient (Wildman–Crippen LogP) is 9.98. The Bertz CT molecular complexity index is 5120. The molecule has 24 nitrogen and oxygen atoms in total. The van der Waals surface area contributed by atoms with Crippen LogP contribution in [0.4, 0.5) is 31.8 Å². The number of aryl methyl sites for hydroxylation is 2. The Morgan fingerprint density at radius 1 is 0.549 bits per heavy atom. The van der Waals surface area contributed by atoms with Crippen LogP contribution < -0.4 is 38.3 Å². The Morgan fingerprint density at radius 2 is 0.980 bits per heavy atom. The molecule has 6 aromatic heterocycles. The molecule has 0 saturated carbocycles. The SMILES string of the molecule is Cc1c(-c2cc(Nc3ccc(C(=O)N4CCOCC4)cn3)c(=O)n(C)n2)cccc1-n1ncc2cc(C(C)(C)C)cc(F)c2c1=O.Cc1c(B2OC(C)(C)C(C)(C)O2)cccc1-n1ncc2cc(C(C)(C)C)cc(F)c2c1=O.Cn1nc(Cl)cc(Nc2ccc(C(=O)N3CCOCC3)cn2)c1=O. The van der Waals surface area contributed by atoms with Crippen LogP contribution in [-0.4, -0.2) is 142 Å². The summed E-state index contributed by atoms with van der Waals surface area (Å²) in [7, 11) is 2.48. The molecule has 0 bridgehead atoms. The maximum absolute atomic E-state index is 15.3. The van der Waals surface area contributed by atoms with E-state index in [1.165, 1.54) is 64.9 Å². The van der Waals surface area contributed by atoms with Crippen LogP contribution >= 0.6 is 11.6 Å². The van der Waals surface area contributed by atoms with Gasteiger partial charge < -0.3 is 39.2 Å². The third-order valence-corrected chi connectivity index (χ3v) is 18.7. The highest BCUT2D eigenvalue weighted by Gasteiger charge is 2.52. The van der Waals surface area contributed by atoms with E-state index < -0.39 is 41.1 Å². The first-order valence-corrected chi connectivity index (χ1v) is 33.6. The lowest BCUT2D eigenvalue weighted by Crippen LogP contribution is -2.41. The van der Waals surface area contributed by atoms with E-state index in [1.54, 1.807) is 70.6 Å². The number of fused-ring (bicyclic) bond motifs is 2. The molecule has 0 aliphatic carbocycles. The largest absolute Gasteiger partial charge is 0.495 e. The molecule has 3 aliphatic rings. The van der Waals surface area contributed by atoms with Gasteiger partial charge in [-0.2, -0.15) is 29.8 Å². The predicted molar refractivity (Wildman–Crippen MR) is 389 cm³/mol. The molecular formula is C74H80BClF2N14O10. The standard InChI is InChI=1S/C34H34FN7O4.C25H30BFN2O3.C15H16ClN5O3/c1-20-24(7-6-8-28(20)42-33(45)30-22(19-37-42)15-23(16-25(30)35)34(2,3)4)26-17-27(32(44)40(5)39-26)38-29-10-9-21(18-36-29)31(43)41-11-13-46-14-12-41;1-15-18(26-31-24(5,6)25(7,8)32-26)10-9-11-20(15)29-22(30)21-16(14-28-29)12-17(13-19(21)27)23(2,3)4;1-20-15(23)11(8-12(16)19-20)18-13-3-2-10(9-17-13)14(22)21-4-6-24-7-5-21/h6-10,15-19H,11-14H2,1-5H3,(H,36,38);9-14H,1-8H3;2-3,8-9H,4-7H2,1H3,(H,17,18). The van der Waals surface area contributed by atoms with Crippen LogP contribution in [-0.2, 0) is 43.7 Å². The highest BCUT2D eigenvalue weighted by molar-refractivity contribution is 6.62. The molecule has 10 aromatic rings. The number of amides is 2. The number of morpholine rings is 2. The van der Waals surface area contributed by atoms with Crippen molar-refractivity contribution in [1.82, 2.24) is 58.9 Å². The lowest BCUT2D eigenvalue weighted by Gasteiger charge is -2.32. The topological polar surface area (TPSA) is 267 Å². The van der Waals surface area contributed by atoms with Gasteiger partial charge in [0, 0.05) is 75.1 Å². The summed E-state index contributed by atoms with van der Waals surface area (Å²) in [5.41, 5.74) is 4.13. The molecule has 0 atom stereocenters. The molecule has 9 heterocycles. The Labute approximate surface area is 592 Å². The van der Waals surface area contributed by atoms with E-state index in [4.69, 9.17) is 30.4 Å². The number of aromatic nitrogens is 10. The van der Waals surface area contributed by atoms with Gasteiger partial charge in [0.25, 0.3) is 34.1 Å². The normalized spacial score (nSPS) is 15.2. The van der Waals surface area contributed by atoms with Gasteiger partial charge in [0.15, 0.2) is 5.15 Å². The molecule has 28 heteroatoms. The Hall–Kier alpha value is -10.2. The highest BCUT2D eigenvalue weighted by atomic mass is 35.5. The number of carbonyl (C=O) groups is 2. The lowest BCUT2D eigenvalue weighted by molar-refractivity contribution is 0.00578. The molecule has 530 valence electrons. The first-order valence-electron chi connectivity index (χ1n) is 33.2. The van der Waals surface area contributed by atoms with E-state index in [0.717, 1.165) is 26.8 Å². The summed E-state index contributed by atoms with van der Waals surface area (Å²) < 4.78 is 58.1. The summed E-state index contributed by atoms with van der Waals surface area (Å²) in [6.45, 7) is 27.9. The molecule has 4 aromatic carbocycles. The molecule has 102 heavy (non-hydrogen) atoms. The van der Waals surface area contributed by atoms with Crippen molar-refractivity contribution < 1.29 is 37.2 Å². The Kier molecular flexibility index (Phi) is 20.8. The summed E-state index contributed by atoms with van der Waals surface area (Å²) in [5.74, 6) is -0.527.